The maximum atomic E-state index is 10.3. The molecule has 0 fully saturated rings. The Labute approximate surface area is 80.0 Å². The Morgan fingerprint density at radius 1 is 1.33 bits per heavy atom. The molecule has 0 aliphatic carbocycles. The summed E-state index contributed by atoms with van der Waals surface area (Å²) in [4.78, 5) is 10.3. The zero-order chi connectivity index (χ0) is 8.97. The summed E-state index contributed by atoms with van der Waals surface area (Å²) >= 11 is 10.5. The van der Waals surface area contributed by atoms with E-state index in [0.717, 1.165) is 5.56 Å². The van der Waals surface area contributed by atoms with E-state index >= 15 is 0 Å². The van der Waals surface area contributed by atoms with Crippen molar-refractivity contribution in [2.75, 3.05) is 0 Å². The van der Waals surface area contributed by atoms with Crippen LogP contribution in [0, 0.1) is 0 Å². The minimum atomic E-state index is -0.839. The van der Waals surface area contributed by atoms with Gasteiger partial charge in [-0.25, -0.2) is 4.79 Å². The van der Waals surface area contributed by atoms with Gasteiger partial charge >= 0.3 is 5.43 Å². The van der Waals surface area contributed by atoms with E-state index in [4.69, 9.17) is 23.2 Å². The Hall–Kier alpha value is -0.730. The summed E-state index contributed by atoms with van der Waals surface area (Å²) in [6, 6.07) is 6.81. The fraction of sp³-hybridized carbons (Fsp3) is 0.125. The van der Waals surface area contributed by atoms with Crippen LogP contribution in [0.15, 0.2) is 24.3 Å². The lowest BCUT2D eigenvalue weighted by atomic mass is 10.2. The van der Waals surface area contributed by atoms with Crippen LogP contribution in [0.4, 0.5) is 4.79 Å². The molecule has 0 spiro atoms. The fourth-order valence-corrected chi connectivity index (χ4v) is 1.01. The Balaban J connectivity index is 2.71. The quantitative estimate of drug-likeness (QED) is 0.547. The molecule has 0 atom stereocenters. The molecule has 0 saturated heterocycles. The second-order valence-corrected chi connectivity index (χ2v) is 2.69. The predicted molar refractivity (Wildman–Crippen MR) is 47.9 cm³/mol. The second kappa shape index (κ2) is 4.33. The molecule has 2 nitrogen and oxygen atoms in total. The third-order valence-electron chi connectivity index (χ3n) is 1.28. The zero-order valence-electron chi connectivity index (χ0n) is 6.09. The lowest BCUT2D eigenvalue weighted by Crippen LogP contribution is -1.95. The van der Waals surface area contributed by atoms with Gasteiger partial charge in [-0.2, -0.15) is 0 Å². The molecule has 12 heavy (non-hydrogen) atoms. The lowest BCUT2D eigenvalue weighted by molar-refractivity contribution is 0.225. The van der Waals surface area contributed by atoms with E-state index in [0.29, 0.717) is 11.6 Å². The van der Waals surface area contributed by atoms with Crippen molar-refractivity contribution < 1.29 is 9.53 Å². The highest BCUT2D eigenvalue weighted by Gasteiger charge is 1.98. The molecule has 0 radical (unpaired) electrons. The van der Waals surface area contributed by atoms with Gasteiger partial charge in [0.15, 0.2) is 0 Å². The van der Waals surface area contributed by atoms with Gasteiger partial charge in [0.25, 0.3) is 0 Å². The summed E-state index contributed by atoms with van der Waals surface area (Å²) in [5, 5.41) is 0. The summed E-state index contributed by atoms with van der Waals surface area (Å²) in [5.74, 6) is 0.860. The van der Waals surface area contributed by atoms with Crippen molar-refractivity contribution >= 4 is 28.6 Å². The fourth-order valence-electron chi connectivity index (χ4n) is 0.739. The summed E-state index contributed by atoms with van der Waals surface area (Å²) in [6.45, 7) is 0. The second-order valence-electron chi connectivity index (χ2n) is 2.12. The van der Waals surface area contributed by atoms with E-state index in [2.05, 4.69) is 4.74 Å². The summed E-state index contributed by atoms with van der Waals surface area (Å²) < 4.78 is 4.60. The van der Waals surface area contributed by atoms with Gasteiger partial charge in [-0.05, 0) is 17.7 Å². The van der Waals surface area contributed by atoms with Gasteiger partial charge in [0.1, 0.15) is 5.75 Å². The number of rotatable bonds is 2. The number of carbonyl (C=O) groups is 1. The largest absolute Gasteiger partial charge is 0.415 e. The van der Waals surface area contributed by atoms with Gasteiger partial charge < -0.3 is 4.74 Å². The van der Waals surface area contributed by atoms with Crippen LogP contribution in [-0.2, 0) is 5.88 Å². The van der Waals surface area contributed by atoms with Crippen molar-refractivity contribution in [3.8, 4) is 5.75 Å². The highest BCUT2D eigenvalue weighted by molar-refractivity contribution is 6.61. The molecule has 0 amide bonds. The first-order valence-corrected chi connectivity index (χ1v) is 4.16. The van der Waals surface area contributed by atoms with Crippen molar-refractivity contribution in [1.82, 2.24) is 0 Å². The molecule has 1 aromatic carbocycles. The smallest absolute Gasteiger partial charge is 0.409 e. The van der Waals surface area contributed by atoms with E-state index in [1.54, 1.807) is 24.3 Å². The number of hydrogen-bond donors (Lipinski definition) is 0. The maximum Gasteiger partial charge on any atom is 0.409 e. The van der Waals surface area contributed by atoms with Gasteiger partial charge in [0.2, 0.25) is 0 Å². The monoisotopic (exact) mass is 204 g/mol. The molecule has 4 heteroatoms. The molecule has 0 aliphatic heterocycles. The summed E-state index contributed by atoms with van der Waals surface area (Å²) in [6.07, 6.45) is 0. The highest BCUT2D eigenvalue weighted by Crippen LogP contribution is 2.14. The first-order valence-electron chi connectivity index (χ1n) is 3.24. The third kappa shape index (κ3) is 2.72. The lowest BCUT2D eigenvalue weighted by Gasteiger charge is -1.99. The Morgan fingerprint density at radius 3 is 2.33 bits per heavy atom. The number of halogens is 2. The van der Waals surface area contributed by atoms with E-state index in [9.17, 15) is 4.79 Å². The molecule has 0 bridgehead atoms. The molecule has 0 heterocycles. The minimum absolute atomic E-state index is 0.420. The number of ether oxygens (including phenoxy) is 1. The first kappa shape index (κ1) is 9.36. The van der Waals surface area contributed by atoms with Crippen molar-refractivity contribution in [3.63, 3.8) is 0 Å². The van der Waals surface area contributed by atoms with Crippen LogP contribution < -0.4 is 4.74 Å². The van der Waals surface area contributed by atoms with Crippen molar-refractivity contribution in [3.05, 3.63) is 29.8 Å². The van der Waals surface area contributed by atoms with Gasteiger partial charge in [-0.1, -0.05) is 12.1 Å². The molecule has 0 N–H and O–H groups in total. The third-order valence-corrected chi connectivity index (χ3v) is 1.66. The number of hydrogen-bond acceptors (Lipinski definition) is 2. The average Bonchev–Trinajstić information content (AvgIpc) is 2.05. The Kier molecular flexibility index (Phi) is 3.38. The van der Waals surface area contributed by atoms with E-state index in [1.165, 1.54) is 0 Å². The maximum absolute atomic E-state index is 10.3. The Bertz CT molecular complexity index is 269. The van der Waals surface area contributed by atoms with Gasteiger partial charge in [0, 0.05) is 17.5 Å². The topological polar surface area (TPSA) is 26.3 Å². The molecule has 0 saturated carbocycles. The van der Waals surface area contributed by atoms with E-state index in [-0.39, 0.29) is 0 Å². The van der Waals surface area contributed by atoms with Gasteiger partial charge in [0.05, 0.1) is 0 Å². The van der Waals surface area contributed by atoms with Crippen LogP contribution in [0.1, 0.15) is 5.56 Å². The van der Waals surface area contributed by atoms with Crippen LogP contribution >= 0.6 is 23.2 Å². The van der Waals surface area contributed by atoms with Crippen LogP contribution in [-0.4, -0.2) is 5.43 Å². The predicted octanol–water partition coefficient (Wildman–Crippen LogP) is 3.16. The van der Waals surface area contributed by atoms with E-state index in [1.807, 2.05) is 0 Å². The molecular formula is C8H6Cl2O2. The van der Waals surface area contributed by atoms with Crippen molar-refractivity contribution in [1.29, 1.82) is 0 Å². The summed E-state index contributed by atoms with van der Waals surface area (Å²) in [7, 11) is 0. The molecule has 64 valence electrons. The normalized spacial score (nSPS) is 9.50. The van der Waals surface area contributed by atoms with Crippen LogP contribution in [0.3, 0.4) is 0 Å². The van der Waals surface area contributed by atoms with Crippen LogP contribution in [0.5, 0.6) is 5.75 Å². The van der Waals surface area contributed by atoms with Crippen molar-refractivity contribution in [2.24, 2.45) is 0 Å². The first-order chi connectivity index (χ1) is 5.72. The molecule has 1 aromatic rings. The molecule has 1 rings (SSSR count). The minimum Gasteiger partial charge on any atom is -0.415 e. The van der Waals surface area contributed by atoms with Crippen LogP contribution in [0.2, 0.25) is 0 Å². The van der Waals surface area contributed by atoms with Gasteiger partial charge in [-0.3, -0.25) is 0 Å². The number of carbonyl (C=O) groups excluding carboxylic acids is 1. The number of alkyl halides is 1. The molecule has 0 aliphatic rings. The molecule has 0 aromatic heterocycles. The number of benzene rings is 1. The SMILES string of the molecule is O=C(Cl)Oc1ccc(CCl)cc1. The molecular weight excluding hydrogens is 199 g/mol. The van der Waals surface area contributed by atoms with E-state index < -0.39 is 5.43 Å². The zero-order valence-corrected chi connectivity index (χ0v) is 7.60. The molecule has 0 unspecified atom stereocenters. The standard InChI is InChI=1S/C8H6Cl2O2/c9-5-6-1-3-7(4-2-6)12-8(10)11/h1-4H,5H2. The summed E-state index contributed by atoms with van der Waals surface area (Å²) in [5.41, 5.74) is 0.125. The van der Waals surface area contributed by atoms with Crippen LogP contribution in [0.25, 0.3) is 0 Å². The van der Waals surface area contributed by atoms with Crippen molar-refractivity contribution in [2.45, 2.75) is 5.88 Å². The average molecular weight is 205 g/mol. The van der Waals surface area contributed by atoms with Gasteiger partial charge in [-0.15, -0.1) is 11.6 Å². The Morgan fingerprint density at radius 2 is 1.92 bits per heavy atom. The highest BCUT2D eigenvalue weighted by atomic mass is 35.5.